The Morgan fingerprint density at radius 1 is 0.923 bits per heavy atom. The Kier molecular flexibility index (Phi) is 1.76. The third-order valence-corrected chi connectivity index (χ3v) is 2.37. The first-order chi connectivity index (χ1) is 6.20. The predicted molar refractivity (Wildman–Crippen MR) is 53.7 cm³/mol. The van der Waals surface area contributed by atoms with Crippen LogP contribution in [0.2, 0.25) is 0 Å². The molecule has 66 valence electrons. The molecule has 2 aromatic rings. The zero-order valence-electron chi connectivity index (χ0n) is 8.13. The molecule has 1 aromatic carbocycles. The van der Waals surface area contributed by atoms with Crippen molar-refractivity contribution < 1.29 is 0 Å². The summed E-state index contributed by atoms with van der Waals surface area (Å²) < 4.78 is 0. The summed E-state index contributed by atoms with van der Waals surface area (Å²) in [6.07, 6.45) is 0. The van der Waals surface area contributed by atoms with Crippen LogP contribution < -0.4 is 0 Å². The van der Waals surface area contributed by atoms with Crippen LogP contribution in [0.25, 0.3) is 10.8 Å². The second-order valence-electron chi connectivity index (χ2n) is 3.37. The highest BCUT2D eigenvalue weighted by Gasteiger charge is 2.04. The van der Waals surface area contributed by atoms with Crippen LogP contribution in [0.1, 0.15) is 17.0 Å². The van der Waals surface area contributed by atoms with Crippen LogP contribution in [0.5, 0.6) is 0 Å². The van der Waals surface area contributed by atoms with Gasteiger partial charge in [0.15, 0.2) is 0 Å². The molecule has 0 atom stereocenters. The lowest BCUT2D eigenvalue weighted by molar-refractivity contribution is 0.963. The van der Waals surface area contributed by atoms with Crippen LogP contribution in [0, 0.1) is 20.8 Å². The minimum atomic E-state index is 1.00. The third kappa shape index (κ3) is 1.18. The van der Waals surface area contributed by atoms with Gasteiger partial charge in [-0.15, -0.1) is 0 Å². The monoisotopic (exact) mass is 172 g/mol. The molecule has 0 aliphatic heterocycles. The number of nitrogens with zero attached hydrogens (tertiary/aromatic N) is 2. The molecule has 2 heteroatoms. The van der Waals surface area contributed by atoms with E-state index in [1.165, 1.54) is 16.3 Å². The SMILES string of the molecule is Cc1nnc(C)c2c(C)cccc12. The molecule has 0 saturated heterocycles. The summed E-state index contributed by atoms with van der Waals surface area (Å²) in [4.78, 5) is 0. The van der Waals surface area contributed by atoms with Crippen molar-refractivity contribution in [3.05, 3.63) is 35.2 Å². The van der Waals surface area contributed by atoms with Crippen molar-refractivity contribution in [2.75, 3.05) is 0 Å². The van der Waals surface area contributed by atoms with Gasteiger partial charge in [0.05, 0.1) is 11.4 Å². The minimum absolute atomic E-state index is 1.00. The van der Waals surface area contributed by atoms with Crippen LogP contribution in [0.3, 0.4) is 0 Å². The normalized spacial score (nSPS) is 10.7. The number of aromatic nitrogens is 2. The van der Waals surface area contributed by atoms with Gasteiger partial charge in [-0.05, 0) is 26.3 Å². The quantitative estimate of drug-likeness (QED) is 0.610. The van der Waals surface area contributed by atoms with Gasteiger partial charge < -0.3 is 0 Å². The van der Waals surface area contributed by atoms with Crippen LogP contribution in [0.15, 0.2) is 18.2 Å². The molecule has 1 aromatic heterocycles. The maximum absolute atomic E-state index is 4.12. The standard InChI is InChI=1S/C11H12N2/c1-7-5-4-6-10-8(2)12-13-9(3)11(7)10/h4-6H,1-3H3. The van der Waals surface area contributed by atoms with E-state index in [0.717, 1.165) is 11.4 Å². The highest BCUT2D eigenvalue weighted by molar-refractivity contribution is 5.88. The van der Waals surface area contributed by atoms with E-state index in [0.29, 0.717) is 0 Å². The zero-order valence-corrected chi connectivity index (χ0v) is 8.13. The Bertz CT molecular complexity index is 453. The smallest absolute Gasteiger partial charge is 0.0681 e. The van der Waals surface area contributed by atoms with Gasteiger partial charge >= 0.3 is 0 Å². The summed E-state index contributed by atoms with van der Waals surface area (Å²) in [5, 5.41) is 10.7. The summed E-state index contributed by atoms with van der Waals surface area (Å²) in [6.45, 7) is 6.10. The predicted octanol–water partition coefficient (Wildman–Crippen LogP) is 2.56. The Morgan fingerprint density at radius 2 is 1.62 bits per heavy atom. The molecule has 0 aliphatic carbocycles. The first-order valence-electron chi connectivity index (χ1n) is 4.39. The molecule has 0 aliphatic rings. The lowest BCUT2D eigenvalue weighted by Gasteiger charge is -2.05. The van der Waals surface area contributed by atoms with Crippen molar-refractivity contribution in [2.24, 2.45) is 0 Å². The van der Waals surface area contributed by atoms with Crippen LogP contribution >= 0.6 is 0 Å². The second kappa shape index (κ2) is 2.80. The van der Waals surface area contributed by atoms with Gasteiger partial charge in [-0.1, -0.05) is 18.2 Å². The van der Waals surface area contributed by atoms with Gasteiger partial charge in [-0.25, -0.2) is 0 Å². The highest BCUT2D eigenvalue weighted by Crippen LogP contribution is 2.21. The highest BCUT2D eigenvalue weighted by atomic mass is 15.1. The maximum atomic E-state index is 4.12. The van der Waals surface area contributed by atoms with E-state index in [2.05, 4.69) is 35.3 Å². The molecule has 0 amide bonds. The minimum Gasteiger partial charge on any atom is -0.155 e. The average molecular weight is 172 g/mol. The van der Waals surface area contributed by atoms with E-state index in [1.54, 1.807) is 0 Å². The van der Waals surface area contributed by atoms with Crippen molar-refractivity contribution in [2.45, 2.75) is 20.8 Å². The van der Waals surface area contributed by atoms with Crippen LogP contribution in [-0.4, -0.2) is 10.2 Å². The molecule has 0 unspecified atom stereocenters. The lowest BCUT2D eigenvalue weighted by atomic mass is 10.0. The van der Waals surface area contributed by atoms with Crippen molar-refractivity contribution in [3.63, 3.8) is 0 Å². The molecule has 0 bridgehead atoms. The molecule has 0 radical (unpaired) electrons. The van der Waals surface area contributed by atoms with Gasteiger partial charge in [0.25, 0.3) is 0 Å². The number of hydrogen-bond acceptors (Lipinski definition) is 2. The summed E-state index contributed by atoms with van der Waals surface area (Å²) in [5.74, 6) is 0. The fourth-order valence-corrected chi connectivity index (χ4v) is 1.70. The molecule has 2 nitrogen and oxygen atoms in total. The molecular weight excluding hydrogens is 160 g/mol. The van der Waals surface area contributed by atoms with E-state index in [1.807, 2.05) is 13.8 Å². The van der Waals surface area contributed by atoms with Gasteiger partial charge in [0.2, 0.25) is 0 Å². The molecule has 0 N–H and O–H groups in total. The molecular formula is C11H12N2. The van der Waals surface area contributed by atoms with Gasteiger partial charge in [-0.2, -0.15) is 10.2 Å². The Balaban J connectivity index is 3.00. The summed E-state index contributed by atoms with van der Waals surface area (Å²) in [6, 6.07) is 6.27. The number of fused-ring (bicyclic) bond motifs is 1. The fraction of sp³-hybridized carbons (Fsp3) is 0.273. The Hall–Kier alpha value is -1.44. The van der Waals surface area contributed by atoms with Crippen molar-refractivity contribution in [1.29, 1.82) is 0 Å². The van der Waals surface area contributed by atoms with Gasteiger partial charge in [0.1, 0.15) is 0 Å². The molecule has 0 fully saturated rings. The third-order valence-electron chi connectivity index (χ3n) is 2.37. The number of hydrogen-bond donors (Lipinski definition) is 0. The number of rotatable bonds is 0. The second-order valence-corrected chi connectivity index (χ2v) is 3.37. The Morgan fingerprint density at radius 3 is 2.31 bits per heavy atom. The van der Waals surface area contributed by atoms with E-state index < -0.39 is 0 Å². The van der Waals surface area contributed by atoms with E-state index in [4.69, 9.17) is 0 Å². The summed E-state index contributed by atoms with van der Waals surface area (Å²) in [5.41, 5.74) is 3.29. The summed E-state index contributed by atoms with van der Waals surface area (Å²) in [7, 11) is 0. The molecule has 0 spiro atoms. The molecule has 0 saturated carbocycles. The van der Waals surface area contributed by atoms with Crippen LogP contribution in [0.4, 0.5) is 0 Å². The summed E-state index contributed by atoms with van der Waals surface area (Å²) >= 11 is 0. The zero-order chi connectivity index (χ0) is 9.42. The van der Waals surface area contributed by atoms with Crippen molar-refractivity contribution in [1.82, 2.24) is 10.2 Å². The van der Waals surface area contributed by atoms with E-state index >= 15 is 0 Å². The molecule has 2 rings (SSSR count). The van der Waals surface area contributed by atoms with Crippen molar-refractivity contribution >= 4 is 10.8 Å². The fourth-order valence-electron chi connectivity index (χ4n) is 1.70. The average Bonchev–Trinajstić information content (AvgIpc) is 2.12. The van der Waals surface area contributed by atoms with Crippen molar-refractivity contribution in [3.8, 4) is 0 Å². The largest absolute Gasteiger partial charge is 0.155 e. The van der Waals surface area contributed by atoms with Gasteiger partial charge in [-0.3, -0.25) is 0 Å². The first kappa shape index (κ1) is 8.17. The molecule has 13 heavy (non-hydrogen) atoms. The first-order valence-corrected chi connectivity index (χ1v) is 4.39. The van der Waals surface area contributed by atoms with E-state index in [-0.39, 0.29) is 0 Å². The Labute approximate surface area is 77.6 Å². The van der Waals surface area contributed by atoms with E-state index in [9.17, 15) is 0 Å². The number of benzene rings is 1. The molecule has 1 heterocycles. The topological polar surface area (TPSA) is 25.8 Å². The van der Waals surface area contributed by atoms with Crippen LogP contribution in [-0.2, 0) is 0 Å². The lowest BCUT2D eigenvalue weighted by Crippen LogP contribution is -1.94. The number of aryl methyl sites for hydroxylation is 3. The van der Waals surface area contributed by atoms with Gasteiger partial charge in [0, 0.05) is 10.8 Å². The maximum Gasteiger partial charge on any atom is 0.0681 e.